The molecular formula is C25H16ClF2NO2. The molecule has 1 N–H and O–H groups in total. The molecule has 0 amide bonds. The third-order valence-electron chi connectivity index (χ3n) is 5.35. The lowest BCUT2D eigenvalue weighted by molar-refractivity contribution is 0.218. The smallest absolute Gasteiger partial charge is 0.142 e. The average molecular weight is 436 g/mol. The first-order chi connectivity index (χ1) is 15.0. The molecule has 1 atom stereocenters. The highest BCUT2D eigenvalue weighted by Crippen LogP contribution is 2.37. The first kappa shape index (κ1) is 19.7. The van der Waals surface area contributed by atoms with E-state index >= 15 is 0 Å². The molecule has 6 heteroatoms. The van der Waals surface area contributed by atoms with Gasteiger partial charge >= 0.3 is 0 Å². The van der Waals surface area contributed by atoms with Gasteiger partial charge in [0.1, 0.15) is 30.1 Å². The molecule has 3 aromatic carbocycles. The van der Waals surface area contributed by atoms with E-state index in [1.54, 1.807) is 30.3 Å². The van der Waals surface area contributed by atoms with E-state index in [-0.39, 0.29) is 11.6 Å². The fourth-order valence-corrected chi connectivity index (χ4v) is 3.88. The summed E-state index contributed by atoms with van der Waals surface area (Å²) >= 11 is 5.86. The predicted molar refractivity (Wildman–Crippen MR) is 117 cm³/mol. The molecule has 154 valence electrons. The Hall–Kier alpha value is -3.28. The van der Waals surface area contributed by atoms with Gasteiger partial charge in [-0.15, -0.1) is 0 Å². The number of fused-ring (bicyclic) bond motifs is 3. The zero-order chi connectivity index (χ0) is 21.5. The number of rotatable bonds is 2. The Kier molecular flexibility index (Phi) is 4.93. The van der Waals surface area contributed by atoms with Crippen molar-refractivity contribution in [3.05, 3.63) is 105 Å². The molecule has 1 aliphatic heterocycles. The molecule has 0 fully saturated rings. The second-order valence-corrected chi connectivity index (χ2v) is 7.73. The lowest BCUT2D eigenvalue weighted by Crippen LogP contribution is -2.03. The van der Waals surface area contributed by atoms with Gasteiger partial charge in [-0.2, -0.15) is 0 Å². The molecule has 31 heavy (non-hydrogen) atoms. The van der Waals surface area contributed by atoms with Crippen LogP contribution in [0.1, 0.15) is 34.1 Å². The molecule has 1 aliphatic rings. The maximum absolute atomic E-state index is 14.2. The van der Waals surface area contributed by atoms with Crippen molar-refractivity contribution < 1.29 is 18.6 Å². The summed E-state index contributed by atoms with van der Waals surface area (Å²) in [6.07, 6.45) is 2.67. The minimum Gasteiger partial charge on any atom is -0.488 e. The number of benzene rings is 3. The van der Waals surface area contributed by atoms with Crippen LogP contribution in [0, 0.1) is 11.6 Å². The lowest BCUT2D eigenvalue weighted by atomic mass is 9.96. The van der Waals surface area contributed by atoms with E-state index in [9.17, 15) is 13.9 Å². The number of halogens is 3. The van der Waals surface area contributed by atoms with Crippen molar-refractivity contribution in [2.75, 3.05) is 0 Å². The fourth-order valence-electron chi connectivity index (χ4n) is 3.72. The number of aliphatic hydroxyl groups excluding tert-OH is 1. The topological polar surface area (TPSA) is 42.4 Å². The van der Waals surface area contributed by atoms with Crippen molar-refractivity contribution >= 4 is 34.7 Å². The third kappa shape index (κ3) is 3.67. The molecule has 0 bridgehead atoms. The van der Waals surface area contributed by atoms with Crippen molar-refractivity contribution in [3.8, 4) is 5.75 Å². The Balaban J connectivity index is 1.48. The SMILES string of the molecule is OC1c2cc(/C=C/c3ccc4cc(F)c(Cl)cc4n3)ccc2OCc2c(F)cccc21. The summed E-state index contributed by atoms with van der Waals surface area (Å²) in [5.41, 5.74) is 3.52. The summed E-state index contributed by atoms with van der Waals surface area (Å²) < 4.78 is 33.5. The molecule has 0 aliphatic carbocycles. The number of hydrogen-bond donors (Lipinski definition) is 1. The molecule has 5 rings (SSSR count). The van der Waals surface area contributed by atoms with Gasteiger partial charge in [-0.3, -0.25) is 0 Å². The molecule has 0 saturated carbocycles. The van der Waals surface area contributed by atoms with Crippen molar-refractivity contribution in [1.29, 1.82) is 0 Å². The molecular weight excluding hydrogens is 420 g/mol. The zero-order valence-corrected chi connectivity index (χ0v) is 16.9. The highest BCUT2D eigenvalue weighted by Gasteiger charge is 2.24. The van der Waals surface area contributed by atoms with Crippen molar-refractivity contribution in [1.82, 2.24) is 4.98 Å². The van der Waals surface area contributed by atoms with Crippen LogP contribution >= 0.6 is 11.6 Å². The van der Waals surface area contributed by atoms with Crippen LogP contribution in [-0.4, -0.2) is 10.1 Å². The van der Waals surface area contributed by atoms with Gasteiger partial charge < -0.3 is 9.84 Å². The van der Waals surface area contributed by atoms with E-state index < -0.39 is 17.7 Å². The van der Waals surface area contributed by atoms with Crippen LogP contribution in [0.2, 0.25) is 5.02 Å². The summed E-state index contributed by atoms with van der Waals surface area (Å²) in [4.78, 5) is 4.50. The summed E-state index contributed by atoms with van der Waals surface area (Å²) in [5.74, 6) is -0.362. The predicted octanol–water partition coefficient (Wildman–Crippen LogP) is 6.31. The van der Waals surface area contributed by atoms with Crippen LogP contribution in [0.3, 0.4) is 0 Å². The first-order valence-corrected chi connectivity index (χ1v) is 10.0. The average Bonchev–Trinajstić information content (AvgIpc) is 2.91. The normalized spacial score (nSPS) is 15.4. The standard InChI is InChI=1S/C25H16ClF2NO2/c26-20-12-23-15(11-22(20)28)6-8-16(29-23)7-4-14-5-9-24-18(10-14)25(30)17-2-1-3-21(27)19(17)13-31-24/h1-12,25,30H,13H2/b7-4+. The molecule has 4 aromatic rings. The Morgan fingerprint density at radius 1 is 0.968 bits per heavy atom. The van der Waals surface area contributed by atoms with Gasteiger partial charge in [0.2, 0.25) is 0 Å². The minimum atomic E-state index is -0.993. The Bertz CT molecular complexity index is 1350. The molecule has 1 unspecified atom stereocenters. The van der Waals surface area contributed by atoms with Gasteiger partial charge in [0.05, 0.1) is 16.2 Å². The molecule has 0 radical (unpaired) electrons. The monoisotopic (exact) mass is 435 g/mol. The largest absolute Gasteiger partial charge is 0.488 e. The highest BCUT2D eigenvalue weighted by atomic mass is 35.5. The van der Waals surface area contributed by atoms with Gasteiger partial charge in [-0.25, -0.2) is 13.8 Å². The van der Waals surface area contributed by atoms with Crippen molar-refractivity contribution in [3.63, 3.8) is 0 Å². The Morgan fingerprint density at radius 3 is 2.71 bits per heavy atom. The van der Waals surface area contributed by atoms with Crippen LogP contribution in [0.15, 0.2) is 60.7 Å². The number of ether oxygens (including phenoxy) is 1. The Morgan fingerprint density at radius 2 is 1.84 bits per heavy atom. The molecule has 3 nitrogen and oxygen atoms in total. The first-order valence-electron chi connectivity index (χ1n) is 9.65. The van der Waals surface area contributed by atoms with E-state index in [2.05, 4.69) is 4.98 Å². The van der Waals surface area contributed by atoms with Gasteiger partial charge in [0.15, 0.2) is 0 Å². The van der Waals surface area contributed by atoms with E-state index in [1.165, 1.54) is 18.2 Å². The van der Waals surface area contributed by atoms with Gasteiger partial charge in [-0.1, -0.05) is 41.9 Å². The number of pyridine rings is 1. The fraction of sp³-hybridized carbons (Fsp3) is 0.0800. The summed E-state index contributed by atoms with van der Waals surface area (Å²) in [7, 11) is 0. The van der Waals surface area contributed by atoms with Crippen LogP contribution < -0.4 is 4.74 Å². The molecule has 1 aromatic heterocycles. The van der Waals surface area contributed by atoms with Crippen LogP contribution in [0.25, 0.3) is 23.1 Å². The minimum absolute atomic E-state index is 0.0255. The van der Waals surface area contributed by atoms with Crippen molar-refractivity contribution in [2.45, 2.75) is 12.7 Å². The Labute approximate surface area is 182 Å². The lowest BCUT2D eigenvalue weighted by Gasteiger charge is -2.13. The number of hydrogen-bond acceptors (Lipinski definition) is 3. The van der Waals surface area contributed by atoms with E-state index in [0.29, 0.717) is 39.0 Å². The third-order valence-corrected chi connectivity index (χ3v) is 5.64. The number of aromatic nitrogens is 1. The summed E-state index contributed by atoms with van der Waals surface area (Å²) in [6.45, 7) is 0.0609. The van der Waals surface area contributed by atoms with E-state index in [4.69, 9.17) is 16.3 Å². The van der Waals surface area contributed by atoms with E-state index in [1.807, 2.05) is 24.3 Å². The van der Waals surface area contributed by atoms with Crippen LogP contribution in [0.4, 0.5) is 8.78 Å². The summed E-state index contributed by atoms with van der Waals surface area (Å²) in [6, 6.07) is 16.5. The van der Waals surface area contributed by atoms with Crippen molar-refractivity contribution in [2.24, 2.45) is 0 Å². The van der Waals surface area contributed by atoms with Gasteiger partial charge in [0, 0.05) is 16.5 Å². The quantitative estimate of drug-likeness (QED) is 0.401. The molecule has 0 saturated heterocycles. The van der Waals surface area contributed by atoms with Gasteiger partial charge in [-0.05, 0) is 53.6 Å². The molecule has 0 spiro atoms. The van der Waals surface area contributed by atoms with Gasteiger partial charge in [0.25, 0.3) is 0 Å². The van der Waals surface area contributed by atoms with Crippen LogP contribution in [0.5, 0.6) is 5.75 Å². The van der Waals surface area contributed by atoms with Crippen LogP contribution in [-0.2, 0) is 6.61 Å². The second kappa shape index (κ2) is 7.76. The maximum atomic E-state index is 14.2. The number of aliphatic hydroxyl groups is 1. The second-order valence-electron chi connectivity index (χ2n) is 7.32. The maximum Gasteiger partial charge on any atom is 0.142 e. The van der Waals surface area contributed by atoms with E-state index in [0.717, 1.165) is 5.56 Å². The zero-order valence-electron chi connectivity index (χ0n) is 16.1. The summed E-state index contributed by atoms with van der Waals surface area (Å²) in [5, 5.41) is 11.6. The highest BCUT2D eigenvalue weighted by molar-refractivity contribution is 6.31. The number of nitrogens with zero attached hydrogens (tertiary/aromatic N) is 1. The molecule has 2 heterocycles.